The minimum Gasteiger partial charge on any atom is -0.484 e. The Morgan fingerprint density at radius 3 is 2.86 bits per heavy atom. The average molecular weight is 303 g/mol. The van der Waals surface area contributed by atoms with Crippen LogP contribution in [0, 0.1) is 5.82 Å². The van der Waals surface area contributed by atoms with Crippen LogP contribution >= 0.6 is 0 Å². The average Bonchev–Trinajstić information content (AvgIpc) is 3.26. The van der Waals surface area contributed by atoms with Crippen LogP contribution in [0.2, 0.25) is 0 Å². The van der Waals surface area contributed by atoms with Gasteiger partial charge >= 0.3 is 0 Å². The Morgan fingerprint density at radius 2 is 2.14 bits per heavy atom. The van der Waals surface area contributed by atoms with E-state index < -0.39 is 0 Å². The maximum absolute atomic E-state index is 12.7. The molecule has 1 aromatic carbocycles. The van der Waals surface area contributed by atoms with Crippen molar-refractivity contribution < 1.29 is 13.9 Å². The third-order valence-electron chi connectivity index (χ3n) is 3.55. The Labute approximate surface area is 128 Å². The summed E-state index contributed by atoms with van der Waals surface area (Å²) in [6.07, 6.45) is 6.14. The van der Waals surface area contributed by atoms with E-state index in [4.69, 9.17) is 4.74 Å². The van der Waals surface area contributed by atoms with Crippen molar-refractivity contribution in [2.75, 3.05) is 13.2 Å². The van der Waals surface area contributed by atoms with Gasteiger partial charge in [0, 0.05) is 31.4 Å². The van der Waals surface area contributed by atoms with Crippen molar-refractivity contribution in [3.63, 3.8) is 0 Å². The summed E-state index contributed by atoms with van der Waals surface area (Å²) in [5.74, 6) is 1.65. The first-order valence-electron chi connectivity index (χ1n) is 7.38. The number of halogens is 1. The van der Waals surface area contributed by atoms with Gasteiger partial charge in [-0.25, -0.2) is 9.37 Å². The summed E-state index contributed by atoms with van der Waals surface area (Å²) < 4.78 is 20.1. The lowest BCUT2D eigenvalue weighted by molar-refractivity contribution is -0.123. The fraction of sp³-hybridized carbons (Fsp3) is 0.375. The standard InChI is InChI=1S/C16H18FN3O2/c17-13-3-5-14(6-4-13)22-11-15(21)18-7-9-20-10-8-19-16(20)12-1-2-12/h3-6,8,10,12H,1-2,7,9,11H2,(H,18,21). The summed E-state index contributed by atoms with van der Waals surface area (Å²) in [4.78, 5) is 16.1. The van der Waals surface area contributed by atoms with Gasteiger partial charge in [0.2, 0.25) is 0 Å². The highest BCUT2D eigenvalue weighted by molar-refractivity contribution is 5.77. The molecule has 116 valence electrons. The Hall–Kier alpha value is -2.37. The maximum Gasteiger partial charge on any atom is 0.258 e. The van der Waals surface area contributed by atoms with Crippen LogP contribution in [-0.4, -0.2) is 28.6 Å². The second-order valence-corrected chi connectivity index (χ2v) is 5.35. The second kappa shape index (κ2) is 6.60. The van der Waals surface area contributed by atoms with Crippen LogP contribution in [0.5, 0.6) is 5.75 Å². The van der Waals surface area contributed by atoms with Crippen LogP contribution in [0.25, 0.3) is 0 Å². The molecule has 0 spiro atoms. The van der Waals surface area contributed by atoms with Gasteiger partial charge in [0.15, 0.2) is 6.61 Å². The molecule has 5 nitrogen and oxygen atoms in total. The van der Waals surface area contributed by atoms with Gasteiger partial charge in [-0.2, -0.15) is 0 Å². The summed E-state index contributed by atoms with van der Waals surface area (Å²) >= 11 is 0. The van der Waals surface area contributed by atoms with Gasteiger partial charge < -0.3 is 14.6 Å². The first-order valence-corrected chi connectivity index (χ1v) is 7.38. The van der Waals surface area contributed by atoms with Crippen LogP contribution in [0.3, 0.4) is 0 Å². The van der Waals surface area contributed by atoms with Gasteiger partial charge in [-0.15, -0.1) is 0 Å². The van der Waals surface area contributed by atoms with Crippen LogP contribution in [0.4, 0.5) is 4.39 Å². The topological polar surface area (TPSA) is 56.1 Å². The van der Waals surface area contributed by atoms with Crippen molar-refractivity contribution in [2.45, 2.75) is 25.3 Å². The molecule has 0 aliphatic heterocycles. The molecular weight excluding hydrogens is 285 g/mol. The SMILES string of the molecule is O=C(COc1ccc(F)cc1)NCCn1ccnc1C1CC1. The molecule has 1 aromatic heterocycles. The molecule has 1 saturated carbocycles. The first-order chi connectivity index (χ1) is 10.7. The molecule has 0 bridgehead atoms. The molecule has 1 aliphatic rings. The highest BCUT2D eigenvalue weighted by atomic mass is 19.1. The number of benzene rings is 1. The Morgan fingerprint density at radius 1 is 1.36 bits per heavy atom. The van der Waals surface area contributed by atoms with E-state index in [-0.39, 0.29) is 18.3 Å². The smallest absolute Gasteiger partial charge is 0.258 e. The molecule has 3 rings (SSSR count). The minimum absolute atomic E-state index is 0.0783. The van der Waals surface area contributed by atoms with E-state index in [1.165, 1.54) is 37.1 Å². The molecule has 22 heavy (non-hydrogen) atoms. The van der Waals surface area contributed by atoms with E-state index in [2.05, 4.69) is 14.9 Å². The lowest BCUT2D eigenvalue weighted by atomic mass is 10.3. The van der Waals surface area contributed by atoms with Crippen molar-refractivity contribution >= 4 is 5.91 Å². The zero-order chi connectivity index (χ0) is 15.4. The molecule has 0 radical (unpaired) electrons. The number of aromatic nitrogens is 2. The number of nitrogens with zero attached hydrogens (tertiary/aromatic N) is 2. The predicted molar refractivity (Wildman–Crippen MR) is 79.1 cm³/mol. The van der Waals surface area contributed by atoms with Gasteiger partial charge in [-0.3, -0.25) is 4.79 Å². The van der Waals surface area contributed by atoms with E-state index in [1.807, 2.05) is 6.20 Å². The molecule has 6 heteroatoms. The predicted octanol–water partition coefficient (Wildman–Crippen LogP) is 2.09. The molecule has 1 aliphatic carbocycles. The van der Waals surface area contributed by atoms with Crippen molar-refractivity contribution in [1.29, 1.82) is 0 Å². The highest BCUT2D eigenvalue weighted by Gasteiger charge is 2.27. The van der Waals surface area contributed by atoms with Gasteiger partial charge in [0.1, 0.15) is 17.4 Å². The number of imidazole rings is 1. The summed E-state index contributed by atoms with van der Waals surface area (Å²) in [5.41, 5.74) is 0. The number of carbonyl (C=O) groups excluding carboxylic acids is 1. The van der Waals surface area contributed by atoms with E-state index in [0.717, 1.165) is 5.82 Å². The third-order valence-corrected chi connectivity index (χ3v) is 3.55. The molecule has 1 N–H and O–H groups in total. The number of amides is 1. The van der Waals surface area contributed by atoms with Gasteiger partial charge in [0.25, 0.3) is 5.91 Å². The second-order valence-electron chi connectivity index (χ2n) is 5.35. The summed E-state index contributed by atoms with van der Waals surface area (Å²) in [6.45, 7) is 1.15. The van der Waals surface area contributed by atoms with Crippen LogP contribution in [0.1, 0.15) is 24.6 Å². The molecule has 1 fully saturated rings. The van der Waals surface area contributed by atoms with Crippen molar-refractivity contribution in [1.82, 2.24) is 14.9 Å². The fourth-order valence-electron chi connectivity index (χ4n) is 2.26. The van der Waals surface area contributed by atoms with Gasteiger partial charge in [0.05, 0.1) is 0 Å². The van der Waals surface area contributed by atoms with E-state index in [9.17, 15) is 9.18 Å². The van der Waals surface area contributed by atoms with Crippen LogP contribution in [0.15, 0.2) is 36.7 Å². The number of hydrogen-bond acceptors (Lipinski definition) is 3. The fourth-order valence-corrected chi connectivity index (χ4v) is 2.26. The molecule has 0 saturated heterocycles. The molecular formula is C16H18FN3O2. The van der Waals surface area contributed by atoms with Crippen molar-refractivity contribution in [3.05, 3.63) is 48.3 Å². The van der Waals surface area contributed by atoms with Crippen molar-refractivity contribution in [3.8, 4) is 5.75 Å². The van der Waals surface area contributed by atoms with Crippen LogP contribution in [-0.2, 0) is 11.3 Å². The maximum atomic E-state index is 12.7. The molecule has 0 atom stereocenters. The zero-order valence-corrected chi connectivity index (χ0v) is 12.2. The van der Waals surface area contributed by atoms with Crippen molar-refractivity contribution in [2.24, 2.45) is 0 Å². The number of carbonyl (C=O) groups is 1. The highest BCUT2D eigenvalue weighted by Crippen LogP contribution is 2.38. The number of hydrogen-bond donors (Lipinski definition) is 1. The molecule has 1 heterocycles. The van der Waals surface area contributed by atoms with E-state index in [1.54, 1.807) is 6.20 Å². The number of rotatable bonds is 7. The summed E-state index contributed by atoms with van der Waals surface area (Å²) in [7, 11) is 0. The first kappa shape index (κ1) is 14.6. The lowest BCUT2D eigenvalue weighted by Gasteiger charge is -2.09. The quantitative estimate of drug-likeness (QED) is 0.852. The molecule has 0 unspecified atom stereocenters. The summed E-state index contributed by atoms with van der Waals surface area (Å²) in [5, 5.41) is 2.80. The molecule has 1 amide bonds. The normalized spacial score (nSPS) is 13.9. The third kappa shape index (κ3) is 3.84. The monoisotopic (exact) mass is 303 g/mol. The lowest BCUT2D eigenvalue weighted by Crippen LogP contribution is -2.31. The van der Waals surface area contributed by atoms with E-state index in [0.29, 0.717) is 24.8 Å². The van der Waals surface area contributed by atoms with E-state index >= 15 is 0 Å². The van der Waals surface area contributed by atoms with Crippen LogP contribution < -0.4 is 10.1 Å². The van der Waals surface area contributed by atoms with Gasteiger partial charge in [-0.1, -0.05) is 0 Å². The number of nitrogens with one attached hydrogen (secondary N) is 1. The van der Waals surface area contributed by atoms with Gasteiger partial charge in [-0.05, 0) is 37.1 Å². The Kier molecular flexibility index (Phi) is 4.37. The largest absolute Gasteiger partial charge is 0.484 e. The Bertz CT molecular complexity index is 635. The Balaban J connectivity index is 1.39. The minimum atomic E-state index is -0.330. The summed E-state index contributed by atoms with van der Waals surface area (Å²) in [6, 6.07) is 5.59. The zero-order valence-electron chi connectivity index (χ0n) is 12.2. The number of ether oxygens (including phenoxy) is 1. The molecule has 2 aromatic rings.